The number of nitrogens with two attached hydrogens (primary N) is 1. The van der Waals surface area contributed by atoms with Gasteiger partial charge in [0, 0.05) is 26.1 Å². The van der Waals surface area contributed by atoms with Crippen molar-refractivity contribution < 1.29 is 17.9 Å². The zero-order valence-electron chi connectivity index (χ0n) is 15.8. The topological polar surface area (TPSA) is 102 Å². The molecular formula is C19H29N3O4S. The maximum Gasteiger partial charge on any atom is 0.243 e. The molecule has 1 amide bonds. The molecule has 3 rings (SSSR count). The molecule has 1 saturated carbocycles. The second kappa shape index (κ2) is 8.26. The predicted octanol–water partition coefficient (Wildman–Crippen LogP) is 0.884. The number of hydrogen-bond acceptors (Lipinski definition) is 5. The maximum absolute atomic E-state index is 12.6. The van der Waals surface area contributed by atoms with Crippen LogP contribution in [0.1, 0.15) is 31.7 Å². The second-order valence-electron chi connectivity index (χ2n) is 7.60. The second-order valence-corrected chi connectivity index (χ2v) is 9.54. The molecule has 2 aliphatic rings. The Morgan fingerprint density at radius 3 is 2.44 bits per heavy atom. The molecule has 1 saturated heterocycles. The Balaban J connectivity index is 1.55. The van der Waals surface area contributed by atoms with Gasteiger partial charge >= 0.3 is 0 Å². The van der Waals surface area contributed by atoms with E-state index in [0.29, 0.717) is 51.6 Å². The SMILES string of the molecule is CC(CN)(NC(=O)CCc1ccc(S(=O)(=O)N2CCOCC2)cc1)C1CC1. The first-order chi connectivity index (χ1) is 12.8. The number of ether oxygens (including phenoxy) is 1. The van der Waals surface area contributed by atoms with Gasteiger partial charge in [0.2, 0.25) is 15.9 Å². The Morgan fingerprint density at radius 1 is 1.26 bits per heavy atom. The molecule has 0 spiro atoms. The quantitative estimate of drug-likeness (QED) is 0.680. The van der Waals surface area contributed by atoms with Crippen LogP contribution in [-0.2, 0) is 26.0 Å². The molecule has 1 aromatic carbocycles. The van der Waals surface area contributed by atoms with Crippen molar-refractivity contribution in [3.63, 3.8) is 0 Å². The molecule has 7 nitrogen and oxygen atoms in total. The van der Waals surface area contributed by atoms with Crippen molar-refractivity contribution in [2.24, 2.45) is 11.7 Å². The first kappa shape index (κ1) is 20.3. The molecule has 1 aliphatic carbocycles. The summed E-state index contributed by atoms with van der Waals surface area (Å²) in [6, 6.07) is 6.80. The van der Waals surface area contributed by atoms with E-state index in [4.69, 9.17) is 10.5 Å². The number of aryl methyl sites for hydroxylation is 1. The minimum absolute atomic E-state index is 0.0140. The van der Waals surface area contributed by atoms with Crippen molar-refractivity contribution >= 4 is 15.9 Å². The van der Waals surface area contributed by atoms with Gasteiger partial charge in [0.15, 0.2) is 0 Å². The average Bonchev–Trinajstić information content (AvgIpc) is 3.53. The Morgan fingerprint density at radius 2 is 1.89 bits per heavy atom. The summed E-state index contributed by atoms with van der Waals surface area (Å²) in [6.07, 6.45) is 3.16. The standard InChI is InChI=1S/C19H29N3O4S/c1-19(14-20,16-5-6-16)21-18(23)9-4-15-2-7-17(8-3-15)27(24,25)22-10-12-26-13-11-22/h2-3,7-8,16H,4-6,9-14,20H2,1H3,(H,21,23). The van der Waals surface area contributed by atoms with E-state index < -0.39 is 10.0 Å². The molecule has 1 heterocycles. The summed E-state index contributed by atoms with van der Waals surface area (Å²) < 4.78 is 31.9. The molecule has 1 unspecified atom stereocenters. The maximum atomic E-state index is 12.6. The summed E-state index contributed by atoms with van der Waals surface area (Å²) in [6.45, 7) is 4.06. The van der Waals surface area contributed by atoms with Gasteiger partial charge in [-0.15, -0.1) is 0 Å². The lowest BCUT2D eigenvalue weighted by molar-refractivity contribution is -0.123. The summed E-state index contributed by atoms with van der Waals surface area (Å²) in [5.41, 5.74) is 6.46. The van der Waals surface area contributed by atoms with Crippen molar-refractivity contribution in [2.75, 3.05) is 32.8 Å². The van der Waals surface area contributed by atoms with E-state index in [1.807, 2.05) is 6.92 Å². The summed E-state index contributed by atoms with van der Waals surface area (Å²) >= 11 is 0. The van der Waals surface area contributed by atoms with E-state index in [-0.39, 0.29) is 16.3 Å². The Hall–Kier alpha value is -1.48. The van der Waals surface area contributed by atoms with Gasteiger partial charge in [-0.05, 0) is 49.8 Å². The van der Waals surface area contributed by atoms with E-state index >= 15 is 0 Å². The van der Waals surface area contributed by atoms with Crippen LogP contribution in [0.3, 0.4) is 0 Å². The molecule has 0 radical (unpaired) electrons. The summed E-state index contributed by atoms with van der Waals surface area (Å²) in [5.74, 6) is 0.469. The highest BCUT2D eigenvalue weighted by molar-refractivity contribution is 7.89. The van der Waals surface area contributed by atoms with E-state index in [1.54, 1.807) is 24.3 Å². The van der Waals surface area contributed by atoms with Crippen molar-refractivity contribution in [2.45, 2.75) is 43.0 Å². The summed E-state index contributed by atoms with van der Waals surface area (Å²) in [4.78, 5) is 12.6. The molecule has 1 atom stereocenters. The number of nitrogens with one attached hydrogen (secondary N) is 1. The molecule has 1 aromatic rings. The molecule has 0 bridgehead atoms. The third kappa shape index (κ3) is 4.87. The van der Waals surface area contributed by atoms with Crippen LogP contribution in [0.4, 0.5) is 0 Å². The molecule has 1 aliphatic heterocycles. The fourth-order valence-corrected chi connectivity index (χ4v) is 4.85. The number of amides is 1. The smallest absolute Gasteiger partial charge is 0.243 e. The van der Waals surface area contributed by atoms with Crippen LogP contribution in [-0.4, -0.2) is 57.0 Å². The van der Waals surface area contributed by atoms with Gasteiger partial charge in [-0.3, -0.25) is 4.79 Å². The largest absolute Gasteiger partial charge is 0.379 e. The van der Waals surface area contributed by atoms with E-state index in [0.717, 1.165) is 18.4 Å². The summed E-state index contributed by atoms with van der Waals surface area (Å²) in [5, 5.41) is 3.08. The molecule has 150 valence electrons. The van der Waals surface area contributed by atoms with Gasteiger partial charge in [-0.25, -0.2) is 8.42 Å². The number of hydrogen-bond donors (Lipinski definition) is 2. The predicted molar refractivity (Wildman–Crippen MR) is 103 cm³/mol. The highest BCUT2D eigenvalue weighted by atomic mass is 32.2. The zero-order chi connectivity index (χ0) is 19.5. The fourth-order valence-electron chi connectivity index (χ4n) is 3.44. The minimum Gasteiger partial charge on any atom is -0.379 e. The van der Waals surface area contributed by atoms with Crippen molar-refractivity contribution in [3.8, 4) is 0 Å². The molecule has 27 heavy (non-hydrogen) atoms. The third-order valence-corrected chi connectivity index (χ3v) is 7.41. The molecule has 2 fully saturated rings. The Kier molecular flexibility index (Phi) is 6.20. The number of rotatable bonds is 8. The third-order valence-electron chi connectivity index (χ3n) is 5.50. The highest BCUT2D eigenvalue weighted by Gasteiger charge is 2.41. The van der Waals surface area contributed by atoms with Gasteiger partial charge < -0.3 is 15.8 Å². The van der Waals surface area contributed by atoms with Crippen molar-refractivity contribution in [1.29, 1.82) is 0 Å². The van der Waals surface area contributed by atoms with Gasteiger partial charge in [-0.2, -0.15) is 4.31 Å². The van der Waals surface area contributed by atoms with Gasteiger partial charge in [0.05, 0.1) is 23.6 Å². The molecule has 0 aromatic heterocycles. The van der Waals surface area contributed by atoms with Crippen LogP contribution in [0.2, 0.25) is 0 Å². The summed E-state index contributed by atoms with van der Waals surface area (Å²) in [7, 11) is -3.48. The highest BCUT2D eigenvalue weighted by Crippen LogP contribution is 2.39. The number of sulfonamides is 1. The van der Waals surface area contributed by atoms with Gasteiger partial charge in [-0.1, -0.05) is 12.1 Å². The monoisotopic (exact) mass is 395 g/mol. The lowest BCUT2D eigenvalue weighted by Crippen LogP contribution is -2.53. The minimum atomic E-state index is -3.48. The number of nitrogens with zero attached hydrogens (tertiary/aromatic N) is 1. The molecular weight excluding hydrogens is 366 g/mol. The number of benzene rings is 1. The van der Waals surface area contributed by atoms with E-state index in [1.165, 1.54) is 4.31 Å². The van der Waals surface area contributed by atoms with E-state index in [2.05, 4.69) is 5.32 Å². The van der Waals surface area contributed by atoms with Crippen LogP contribution in [0.15, 0.2) is 29.2 Å². The van der Waals surface area contributed by atoms with Crippen LogP contribution >= 0.6 is 0 Å². The lowest BCUT2D eigenvalue weighted by atomic mass is 9.95. The van der Waals surface area contributed by atoms with Crippen LogP contribution in [0.5, 0.6) is 0 Å². The van der Waals surface area contributed by atoms with E-state index in [9.17, 15) is 13.2 Å². The van der Waals surface area contributed by atoms with Gasteiger partial charge in [0.25, 0.3) is 0 Å². The van der Waals surface area contributed by atoms with Crippen molar-refractivity contribution in [3.05, 3.63) is 29.8 Å². The average molecular weight is 396 g/mol. The first-order valence-corrected chi connectivity index (χ1v) is 11.0. The van der Waals surface area contributed by atoms with Crippen molar-refractivity contribution in [1.82, 2.24) is 9.62 Å². The zero-order valence-corrected chi connectivity index (χ0v) is 16.6. The normalized spacial score (nSPS) is 20.8. The first-order valence-electron chi connectivity index (χ1n) is 9.53. The fraction of sp³-hybridized carbons (Fsp3) is 0.632. The van der Waals surface area contributed by atoms with Crippen LogP contribution in [0, 0.1) is 5.92 Å². The number of carbonyl (C=O) groups excluding carboxylic acids is 1. The lowest BCUT2D eigenvalue weighted by Gasteiger charge is -2.29. The Labute approximate surface area is 161 Å². The van der Waals surface area contributed by atoms with Gasteiger partial charge in [0.1, 0.15) is 0 Å². The molecule has 8 heteroatoms. The number of carbonyl (C=O) groups is 1. The molecule has 3 N–H and O–H groups in total. The Bertz CT molecular complexity index is 756. The number of morpholine rings is 1. The van der Waals surface area contributed by atoms with Crippen LogP contribution < -0.4 is 11.1 Å². The van der Waals surface area contributed by atoms with Crippen LogP contribution in [0.25, 0.3) is 0 Å².